The van der Waals surface area contributed by atoms with Crippen molar-refractivity contribution < 1.29 is 12.8 Å². The van der Waals surface area contributed by atoms with Gasteiger partial charge in [0.1, 0.15) is 5.82 Å². The van der Waals surface area contributed by atoms with E-state index >= 15 is 0 Å². The first-order valence-electron chi connectivity index (χ1n) is 6.02. The maximum atomic E-state index is 13.3. The first kappa shape index (κ1) is 14.7. The van der Waals surface area contributed by atoms with Crippen LogP contribution in [0, 0.1) is 5.82 Å². The van der Waals surface area contributed by atoms with Gasteiger partial charge in [0, 0.05) is 10.0 Å². The Kier molecular flexibility index (Phi) is 3.90. The van der Waals surface area contributed by atoms with Crippen LogP contribution in [-0.2, 0) is 10.0 Å². The highest BCUT2D eigenvalue weighted by Crippen LogP contribution is 2.33. The molecule has 0 aromatic heterocycles. The fourth-order valence-electron chi connectivity index (χ4n) is 2.39. The minimum Gasteiger partial charge on any atom is -0.396 e. The van der Waals surface area contributed by atoms with E-state index in [1.807, 2.05) is 6.92 Å². The largest absolute Gasteiger partial charge is 0.396 e. The summed E-state index contributed by atoms with van der Waals surface area (Å²) in [6.07, 6.45) is 3.62. The average molecular weight is 351 g/mol. The van der Waals surface area contributed by atoms with Crippen molar-refractivity contribution in [2.45, 2.75) is 43.0 Å². The molecular weight excluding hydrogens is 335 g/mol. The van der Waals surface area contributed by atoms with Gasteiger partial charge in [-0.05, 0) is 47.8 Å². The topological polar surface area (TPSA) is 72.2 Å². The third-order valence-corrected chi connectivity index (χ3v) is 6.03. The van der Waals surface area contributed by atoms with Crippen LogP contribution >= 0.6 is 15.9 Å². The minimum atomic E-state index is -3.72. The summed E-state index contributed by atoms with van der Waals surface area (Å²) in [4.78, 5) is -0.0282. The average Bonchev–Trinajstić information content (AvgIpc) is 2.68. The molecule has 0 aliphatic heterocycles. The second kappa shape index (κ2) is 5.03. The number of halogens is 2. The van der Waals surface area contributed by atoms with Crippen molar-refractivity contribution in [1.29, 1.82) is 0 Å². The van der Waals surface area contributed by atoms with E-state index in [1.165, 1.54) is 0 Å². The summed E-state index contributed by atoms with van der Waals surface area (Å²) >= 11 is 3.07. The van der Waals surface area contributed by atoms with Crippen LogP contribution in [-0.4, -0.2) is 14.0 Å². The number of sulfonamides is 1. The van der Waals surface area contributed by atoms with Gasteiger partial charge < -0.3 is 5.73 Å². The molecule has 1 aliphatic carbocycles. The van der Waals surface area contributed by atoms with Crippen LogP contribution < -0.4 is 10.5 Å². The van der Waals surface area contributed by atoms with Crippen LogP contribution in [0.15, 0.2) is 21.5 Å². The summed E-state index contributed by atoms with van der Waals surface area (Å²) in [5.41, 5.74) is 4.83. The van der Waals surface area contributed by atoms with Gasteiger partial charge in [-0.1, -0.05) is 12.8 Å². The van der Waals surface area contributed by atoms with Crippen LogP contribution in [0.25, 0.3) is 0 Å². The molecule has 1 fully saturated rings. The first-order chi connectivity index (χ1) is 8.73. The Hall–Kier alpha value is -0.660. The Bertz CT molecular complexity index is 598. The van der Waals surface area contributed by atoms with Gasteiger partial charge in [-0.25, -0.2) is 17.5 Å². The summed E-state index contributed by atoms with van der Waals surface area (Å²) in [5.74, 6) is -0.641. The molecular formula is C12H16BrFN2O2S. The zero-order valence-electron chi connectivity index (χ0n) is 10.5. The Labute approximate surface area is 120 Å². The van der Waals surface area contributed by atoms with Crippen molar-refractivity contribution in [2.24, 2.45) is 0 Å². The smallest absolute Gasteiger partial charge is 0.242 e. The molecule has 1 saturated carbocycles. The molecule has 3 N–H and O–H groups in total. The third-order valence-electron chi connectivity index (χ3n) is 3.43. The SMILES string of the molecule is CC1(NS(=O)(=O)c2cc(N)c(F)cc2Br)CCCC1. The summed E-state index contributed by atoms with van der Waals surface area (Å²) < 4.78 is 40.8. The summed E-state index contributed by atoms with van der Waals surface area (Å²) in [6.45, 7) is 1.89. The van der Waals surface area contributed by atoms with Crippen molar-refractivity contribution in [3.63, 3.8) is 0 Å². The molecule has 1 aromatic carbocycles. The number of rotatable bonds is 3. The second-order valence-corrected chi connectivity index (χ2v) is 7.68. The Morgan fingerprint density at radius 2 is 1.95 bits per heavy atom. The summed E-state index contributed by atoms with van der Waals surface area (Å²) in [7, 11) is -3.72. The number of anilines is 1. The van der Waals surface area contributed by atoms with E-state index in [9.17, 15) is 12.8 Å². The predicted molar refractivity (Wildman–Crippen MR) is 75.7 cm³/mol. The zero-order valence-corrected chi connectivity index (χ0v) is 12.9. The standard InChI is InChI=1S/C12H16BrFN2O2S/c1-12(4-2-3-5-12)16-19(17,18)11-7-10(15)9(14)6-8(11)13/h6-7,16H,2-5,15H2,1H3. The molecule has 0 heterocycles. The van der Waals surface area contributed by atoms with Crippen molar-refractivity contribution in [3.8, 4) is 0 Å². The summed E-state index contributed by atoms with van der Waals surface area (Å²) in [5, 5.41) is 0. The van der Waals surface area contributed by atoms with E-state index in [0.717, 1.165) is 37.8 Å². The molecule has 19 heavy (non-hydrogen) atoms. The van der Waals surface area contributed by atoms with Gasteiger partial charge in [0.15, 0.2) is 0 Å². The third kappa shape index (κ3) is 3.09. The number of nitrogen functional groups attached to an aromatic ring is 1. The predicted octanol–water partition coefficient (Wildman–Crippen LogP) is 2.78. The van der Waals surface area contributed by atoms with E-state index in [-0.39, 0.29) is 15.1 Å². The Balaban J connectivity index is 2.37. The monoisotopic (exact) mass is 350 g/mol. The van der Waals surface area contributed by atoms with Crippen LogP contribution in [0.1, 0.15) is 32.6 Å². The molecule has 7 heteroatoms. The van der Waals surface area contributed by atoms with Crippen LogP contribution in [0.5, 0.6) is 0 Å². The number of nitrogens with one attached hydrogen (secondary N) is 1. The Morgan fingerprint density at radius 1 is 1.37 bits per heavy atom. The van der Waals surface area contributed by atoms with Gasteiger partial charge in [0.2, 0.25) is 10.0 Å². The normalized spacial score (nSPS) is 18.7. The van der Waals surface area contributed by atoms with Crippen molar-refractivity contribution >= 4 is 31.6 Å². The number of nitrogens with two attached hydrogens (primary N) is 1. The van der Waals surface area contributed by atoms with Gasteiger partial charge in [-0.2, -0.15) is 0 Å². The molecule has 0 atom stereocenters. The van der Waals surface area contributed by atoms with E-state index < -0.39 is 21.4 Å². The lowest BCUT2D eigenvalue weighted by Gasteiger charge is -2.25. The molecule has 4 nitrogen and oxygen atoms in total. The van der Waals surface area contributed by atoms with Crippen LogP contribution in [0.4, 0.5) is 10.1 Å². The van der Waals surface area contributed by atoms with E-state index in [0.29, 0.717) is 0 Å². The van der Waals surface area contributed by atoms with E-state index in [4.69, 9.17) is 5.73 Å². The molecule has 0 spiro atoms. The highest BCUT2D eigenvalue weighted by Gasteiger charge is 2.34. The van der Waals surface area contributed by atoms with Crippen LogP contribution in [0.2, 0.25) is 0 Å². The van der Waals surface area contributed by atoms with Gasteiger partial charge in [0.05, 0.1) is 10.6 Å². The van der Waals surface area contributed by atoms with Gasteiger partial charge in [-0.3, -0.25) is 0 Å². The molecule has 0 unspecified atom stereocenters. The molecule has 1 aliphatic rings. The number of benzene rings is 1. The molecule has 1 aromatic rings. The minimum absolute atomic E-state index is 0.0282. The second-order valence-electron chi connectivity index (χ2n) is 5.18. The lowest BCUT2D eigenvalue weighted by molar-refractivity contribution is 0.427. The molecule has 0 amide bonds. The van der Waals surface area contributed by atoms with Gasteiger partial charge >= 0.3 is 0 Å². The van der Waals surface area contributed by atoms with E-state index in [1.54, 1.807) is 0 Å². The quantitative estimate of drug-likeness (QED) is 0.823. The van der Waals surface area contributed by atoms with Gasteiger partial charge in [0.25, 0.3) is 0 Å². The van der Waals surface area contributed by atoms with Crippen LogP contribution in [0.3, 0.4) is 0 Å². The molecule has 0 radical (unpaired) electrons. The van der Waals surface area contributed by atoms with Crippen molar-refractivity contribution in [2.75, 3.05) is 5.73 Å². The first-order valence-corrected chi connectivity index (χ1v) is 8.30. The van der Waals surface area contributed by atoms with Crippen molar-refractivity contribution in [3.05, 3.63) is 22.4 Å². The molecule has 106 valence electrons. The fraction of sp³-hybridized carbons (Fsp3) is 0.500. The molecule has 0 bridgehead atoms. The lowest BCUT2D eigenvalue weighted by atomic mass is 10.0. The zero-order chi connectivity index (χ0) is 14.3. The maximum Gasteiger partial charge on any atom is 0.242 e. The lowest BCUT2D eigenvalue weighted by Crippen LogP contribution is -2.43. The van der Waals surface area contributed by atoms with Crippen molar-refractivity contribution in [1.82, 2.24) is 4.72 Å². The summed E-state index contributed by atoms with van der Waals surface area (Å²) in [6, 6.07) is 2.21. The highest BCUT2D eigenvalue weighted by atomic mass is 79.9. The highest BCUT2D eigenvalue weighted by molar-refractivity contribution is 9.10. The molecule has 2 rings (SSSR count). The molecule has 0 saturated heterocycles. The fourth-order valence-corrected chi connectivity index (χ4v) is 4.90. The Morgan fingerprint density at radius 3 is 2.53 bits per heavy atom. The van der Waals surface area contributed by atoms with E-state index in [2.05, 4.69) is 20.7 Å². The number of hydrogen-bond acceptors (Lipinski definition) is 3. The number of hydrogen-bond donors (Lipinski definition) is 2. The van der Waals surface area contributed by atoms with Gasteiger partial charge in [-0.15, -0.1) is 0 Å². The maximum absolute atomic E-state index is 13.3.